The highest BCUT2D eigenvalue weighted by molar-refractivity contribution is 7.16. The summed E-state index contributed by atoms with van der Waals surface area (Å²) in [5.41, 5.74) is 0.401. The molecule has 8 heteroatoms. The Morgan fingerprint density at radius 2 is 1.61 bits per heavy atom. The van der Waals surface area contributed by atoms with Gasteiger partial charge in [-0.2, -0.15) is 9.94 Å². The zero-order valence-corrected chi connectivity index (χ0v) is 29.4. The molecular weight excluding hydrogens is 566 g/mol. The van der Waals surface area contributed by atoms with Crippen molar-refractivity contribution < 1.29 is 5.11 Å². The van der Waals surface area contributed by atoms with Gasteiger partial charge in [0, 0.05) is 36.8 Å². The molecule has 0 amide bonds. The molecule has 7 nitrogen and oxygen atoms in total. The average molecular weight is 624 g/mol. The Bertz CT molecular complexity index is 1410. The number of nitriles is 1. The third-order valence-corrected chi connectivity index (χ3v) is 10.2. The van der Waals surface area contributed by atoms with Crippen molar-refractivity contribution in [1.29, 1.82) is 5.26 Å². The van der Waals surface area contributed by atoms with Crippen molar-refractivity contribution >= 4 is 29.1 Å². The van der Waals surface area contributed by atoms with Crippen LogP contribution in [0.15, 0.2) is 4.79 Å². The summed E-state index contributed by atoms with van der Waals surface area (Å²) in [5, 5.41) is 24.5. The minimum Gasteiger partial charge on any atom is -0.492 e. The van der Waals surface area contributed by atoms with Crippen LogP contribution in [0.1, 0.15) is 135 Å². The molecule has 1 aliphatic heterocycles. The predicted octanol–water partition coefficient (Wildman–Crippen LogP) is 6.78. The molecule has 1 aliphatic rings. The summed E-state index contributed by atoms with van der Waals surface area (Å²) >= 11 is 1.64. The second-order valence-electron chi connectivity index (χ2n) is 13.7. The van der Waals surface area contributed by atoms with E-state index < -0.39 is 0 Å². The first-order valence-electron chi connectivity index (χ1n) is 17.1. The number of thiazole rings is 1. The van der Waals surface area contributed by atoms with Gasteiger partial charge >= 0.3 is 0 Å². The number of aromatic hydroxyl groups is 1. The topological polar surface area (TPSA) is 85.4 Å². The minimum atomic E-state index is -0.337. The molecule has 2 unspecified atom stereocenters. The largest absolute Gasteiger partial charge is 0.492 e. The quantitative estimate of drug-likeness (QED) is 0.235. The Balaban J connectivity index is 2.22. The maximum atomic E-state index is 14.0. The molecular formula is C36H57N5O2S. The van der Waals surface area contributed by atoms with Gasteiger partial charge in [-0.3, -0.25) is 4.79 Å². The first-order chi connectivity index (χ1) is 21.0. The highest BCUT2D eigenvalue weighted by atomic mass is 32.1. The fraction of sp³-hybridized carbons (Fsp3) is 0.694. The molecule has 1 N–H and O–H groups in total. The lowest BCUT2D eigenvalue weighted by Gasteiger charge is -2.30. The van der Waals surface area contributed by atoms with Gasteiger partial charge in [-0.25, -0.2) is 4.98 Å². The summed E-state index contributed by atoms with van der Waals surface area (Å²) in [6.45, 7) is 23.0. The van der Waals surface area contributed by atoms with Crippen molar-refractivity contribution in [2.24, 2.45) is 11.8 Å². The van der Waals surface area contributed by atoms with Crippen LogP contribution in [0.4, 0.5) is 5.13 Å². The number of piperidine rings is 1. The second-order valence-corrected chi connectivity index (χ2v) is 14.7. The van der Waals surface area contributed by atoms with Gasteiger partial charge in [0.05, 0.1) is 15.8 Å². The maximum Gasteiger partial charge on any atom is 0.280 e. The van der Waals surface area contributed by atoms with Crippen LogP contribution in [0.5, 0.6) is 5.88 Å². The number of pyridine rings is 1. The smallest absolute Gasteiger partial charge is 0.280 e. The van der Waals surface area contributed by atoms with Crippen molar-refractivity contribution in [3.63, 3.8) is 0 Å². The Morgan fingerprint density at radius 1 is 1.05 bits per heavy atom. The van der Waals surface area contributed by atoms with Gasteiger partial charge in [0.15, 0.2) is 5.13 Å². The monoisotopic (exact) mass is 623 g/mol. The lowest BCUT2D eigenvalue weighted by Crippen LogP contribution is -2.54. The molecule has 1 fully saturated rings. The summed E-state index contributed by atoms with van der Waals surface area (Å²) in [4.78, 5) is 22.8. The summed E-state index contributed by atoms with van der Waals surface area (Å²) in [6, 6.07) is 2.11. The second kappa shape index (κ2) is 16.5. The van der Waals surface area contributed by atoms with E-state index in [9.17, 15) is 15.2 Å². The van der Waals surface area contributed by atoms with Crippen molar-refractivity contribution in [2.45, 2.75) is 125 Å². The summed E-state index contributed by atoms with van der Waals surface area (Å²) < 4.78 is 1.31. The van der Waals surface area contributed by atoms with E-state index >= 15 is 0 Å². The first kappa shape index (κ1) is 35.7. The van der Waals surface area contributed by atoms with E-state index in [4.69, 9.17) is 4.98 Å². The van der Waals surface area contributed by atoms with Crippen molar-refractivity contribution in [2.75, 3.05) is 36.1 Å². The molecule has 2 atom stereocenters. The van der Waals surface area contributed by atoms with Gasteiger partial charge in [-0.15, -0.1) is 0 Å². The van der Waals surface area contributed by atoms with Crippen LogP contribution in [-0.4, -0.2) is 40.9 Å². The van der Waals surface area contributed by atoms with Gasteiger partial charge < -0.3 is 15.0 Å². The highest BCUT2D eigenvalue weighted by Gasteiger charge is 2.27. The van der Waals surface area contributed by atoms with Gasteiger partial charge in [0.1, 0.15) is 11.6 Å². The van der Waals surface area contributed by atoms with E-state index in [1.54, 1.807) is 11.3 Å². The Kier molecular flexibility index (Phi) is 13.4. The SMILES string of the molecule is C=c1c(C#N)c(O)n(N2CCCCC2)c(=O)/c1=C\c1sc(N(CC(CC)CCCC)CC(CC)CCCC)nc1C(C)(C)C. The normalized spacial score (nSPS) is 15.8. The first-order valence-corrected chi connectivity index (χ1v) is 17.9. The number of anilines is 1. The van der Waals surface area contributed by atoms with Crippen LogP contribution in [0, 0.1) is 23.2 Å². The standard InChI is InChI=1S/C36H57N5O2S/c1-9-13-18-27(11-3)24-39(25-28(12-4)19-14-10-2)35-38-32(36(6,7)8)31(44-35)22-29-26(5)30(23-37)34(43)41(33(29)42)40-20-16-15-17-21-40/h22,27-28,43H,5,9-21,24-25H2,1-4,6-8H3/b29-22-. The summed E-state index contributed by atoms with van der Waals surface area (Å²) in [6.07, 6.45) is 14.5. The lowest BCUT2D eigenvalue weighted by molar-refractivity contribution is 0.372. The zero-order valence-electron chi connectivity index (χ0n) is 28.5. The molecule has 2 aromatic heterocycles. The van der Waals surface area contributed by atoms with E-state index in [2.05, 4.69) is 66.0 Å². The van der Waals surface area contributed by atoms with Crippen LogP contribution in [0.3, 0.4) is 0 Å². The molecule has 1 saturated heterocycles. The van der Waals surface area contributed by atoms with Gasteiger partial charge in [-0.1, -0.05) is 105 Å². The summed E-state index contributed by atoms with van der Waals surface area (Å²) in [5.74, 6) is 0.891. The lowest BCUT2D eigenvalue weighted by atomic mass is 9.91. The number of hydrogen-bond acceptors (Lipinski definition) is 7. The van der Waals surface area contributed by atoms with E-state index in [0.29, 0.717) is 30.1 Å². The van der Waals surface area contributed by atoms with Crippen LogP contribution < -0.4 is 25.9 Å². The van der Waals surface area contributed by atoms with Gasteiger partial charge in [0.25, 0.3) is 5.56 Å². The van der Waals surface area contributed by atoms with E-state index in [-0.39, 0.29) is 27.6 Å². The molecule has 44 heavy (non-hydrogen) atoms. The van der Waals surface area contributed by atoms with Crippen LogP contribution in [0.2, 0.25) is 0 Å². The molecule has 0 aliphatic carbocycles. The Morgan fingerprint density at radius 3 is 2.09 bits per heavy atom. The number of nitrogens with zero attached hydrogens (tertiary/aromatic N) is 5. The third kappa shape index (κ3) is 8.68. The highest BCUT2D eigenvalue weighted by Crippen LogP contribution is 2.36. The molecule has 0 radical (unpaired) electrons. The van der Waals surface area contributed by atoms with Crippen LogP contribution >= 0.6 is 11.3 Å². The van der Waals surface area contributed by atoms with Crippen molar-refractivity contribution in [3.8, 4) is 11.9 Å². The molecule has 0 saturated carbocycles. The average Bonchev–Trinajstić information content (AvgIpc) is 3.44. The predicted molar refractivity (Wildman–Crippen MR) is 187 cm³/mol. The maximum absolute atomic E-state index is 14.0. The van der Waals surface area contributed by atoms with E-state index in [1.165, 1.54) is 43.2 Å². The molecule has 2 aromatic rings. The molecule has 3 rings (SSSR count). The molecule has 0 aromatic carbocycles. The number of rotatable bonds is 15. The zero-order chi connectivity index (χ0) is 32.4. The van der Waals surface area contributed by atoms with Gasteiger partial charge in [0.2, 0.25) is 5.88 Å². The molecule has 0 spiro atoms. The fourth-order valence-electron chi connectivity index (χ4n) is 6.23. The number of unbranched alkanes of at least 4 members (excludes halogenated alkanes) is 2. The number of aromatic nitrogens is 2. The Hall–Kier alpha value is -2.79. The fourth-order valence-corrected chi connectivity index (χ4v) is 7.47. The van der Waals surface area contributed by atoms with Crippen LogP contribution in [-0.2, 0) is 5.41 Å². The van der Waals surface area contributed by atoms with Crippen LogP contribution in [0.25, 0.3) is 12.7 Å². The molecule has 244 valence electrons. The minimum absolute atomic E-state index is 0.0496. The molecule has 3 heterocycles. The van der Waals surface area contributed by atoms with Crippen molar-refractivity contribution in [3.05, 3.63) is 36.9 Å². The Labute approximate surface area is 269 Å². The third-order valence-electron chi connectivity index (χ3n) is 9.14. The van der Waals surface area contributed by atoms with Crippen molar-refractivity contribution in [1.82, 2.24) is 9.66 Å². The summed E-state index contributed by atoms with van der Waals surface area (Å²) in [7, 11) is 0. The molecule has 0 bridgehead atoms. The number of hydrogen-bond donors (Lipinski definition) is 1. The van der Waals surface area contributed by atoms with E-state index in [1.807, 2.05) is 11.1 Å². The van der Waals surface area contributed by atoms with Gasteiger partial charge in [-0.05, 0) is 50.0 Å². The van der Waals surface area contributed by atoms with E-state index in [0.717, 1.165) is 60.9 Å².